The predicted octanol–water partition coefficient (Wildman–Crippen LogP) is 1.47. The van der Waals surface area contributed by atoms with Crippen molar-refractivity contribution < 1.29 is 4.79 Å². The highest BCUT2D eigenvalue weighted by atomic mass is 16.1. The van der Waals surface area contributed by atoms with Crippen LogP contribution in [0.3, 0.4) is 0 Å². The second-order valence-electron chi connectivity index (χ2n) is 6.37. The monoisotopic (exact) mass is 302 g/mol. The Hall–Kier alpha value is -1.59. The van der Waals surface area contributed by atoms with Crippen LogP contribution in [-0.2, 0) is 4.79 Å². The van der Waals surface area contributed by atoms with Gasteiger partial charge in [0.2, 0.25) is 6.41 Å². The molecular formula is C17H26N4O. The normalized spacial score (nSPS) is 21.8. The lowest BCUT2D eigenvalue weighted by Crippen LogP contribution is -2.53. The zero-order valence-corrected chi connectivity index (χ0v) is 13.4. The topological polar surface area (TPSA) is 38.8 Å². The van der Waals surface area contributed by atoms with Gasteiger partial charge in [-0.15, -0.1) is 0 Å². The molecule has 2 fully saturated rings. The third-order valence-corrected chi connectivity index (χ3v) is 4.98. The third kappa shape index (κ3) is 3.59. The van der Waals surface area contributed by atoms with E-state index in [1.807, 2.05) is 12.1 Å². The summed E-state index contributed by atoms with van der Waals surface area (Å²) in [6, 6.07) is 8.89. The fourth-order valence-corrected chi connectivity index (χ4v) is 3.54. The first-order chi connectivity index (χ1) is 10.8. The number of rotatable bonds is 4. The van der Waals surface area contributed by atoms with E-state index in [9.17, 15) is 4.79 Å². The number of carbonyl (C=O) groups excluding carboxylic acids is 1. The molecule has 5 heteroatoms. The average molecular weight is 302 g/mol. The number of carbonyl (C=O) groups is 1. The molecule has 0 unspecified atom stereocenters. The van der Waals surface area contributed by atoms with Gasteiger partial charge in [-0.2, -0.15) is 0 Å². The summed E-state index contributed by atoms with van der Waals surface area (Å²) >= 11 is 0. The lowest BCUT2D eigenvalue weighted by Gasteiger charge is -2.42. The van der Waals surface area contributed by atoms with Gasteiger partial charge in [0, 0.05) is 43.6 Å². The van der Waals surface area contributed by atoms with Gasteiger partial charge in [0.15, 0.2) is 0 Å². The molecule has 1 aromatic carbocycles. The molecule has 1 amide bonds. The van der Waals surface area contributed by atoms with Crippen LogP contribution < -0.4 is 10.2 Å². The number of hydrogen-bond donors (Lipinski definition) is 1. The van der Waals surface area contributed by atoms with Crippen LogP contribution in [-0.4, -0.2) is 68.6 Å². The predicted molar refractivity (Wildman–Crippen MR) is 90.4 cm³/mol. The average Bonchev–Trinajstić information content (AvgIpc) is 2.57. The largest absolute Gasteiger partial charge is 0.369 e. The van der Waals surface area contributed by atoms with Crippen molar-refractivity contribution in [3.8, 4) is 0 Å². The summed E-state index contributed by atoms with van der Waals surface area (Å²) in [4.78, 5) is 18.0. The SMILES string of the molecule is CN1CCC(N2CCN(c3ccc(NC=O)cc3)CC2)CC1. The number of benzene rings is 1. The highest BCUT2D eigenvalue weighted by Gasteiger charge is 2.26. The van der Waals surface area contributed by atoms with Gasteiger partial charge in [0.25, 0.3) is 0 Å². The van der Waals surface area contributed by atoms with Crippen LogP contribution in [0.1, 0.15) is 12.8 Å². The summed E-state index contributed by atoms with van der Waals surface area (Å²) in [5, 5.41) is 2.68. The van der Waals surface area contributed by atoms with E-state index in [4.69, 9.17) is 0 Å². The van der Waals surface area contributed by atoms with Crippen molar-refractivity contribution in [2.45, 2.75) is 18.9 Å². The van der Waals surface area contributed by atoms with Crippen LogP contribution in [0.15, 0.2) is 24.3 Å². The van der Waals surface area contributed by atoms with Crippen molar-refractivity contribution in [3.05, 3.63) is 24.3 Å². The van der Waals surface area contributed by atoms with Gasteiger partial charge in [-0.3, -0.25) is 9.69 Å². The van der Waals surface area contributed by atoms with Gasteiger partial charge in [-0.05, 0) is 57.2 Å². The summed E-state index contributed by atoms with van der Waals surface area (Å²) < 4.78 is 0. The van der Waals surface area contributed by atoms with E-state index in [0.717, 1.165) is 44.3 Å². The molecule has 0 saturated carbocycles. The molecule has 0 bridgehead atoms. The Balaban J connectivity index is 1.51. The smallest absolute Gasteiger partial charge is 0.211 e. The molecule has 3 rings (SSSR count). The maximum absolute atomic E-state index is 10.4. The highest BCUT2D eigenvalue weighted by molar-refractivity contribution is 5.72. The minimum absolute atomic E-state index is 0.718. The molecule has 0 aliphatic carbocycles. The van der Waals surface area contributed by atoms with Gasteiger partial charge >= 0.3 is 0 Å². The van der Waals surface area contributed by atoms with Gasteiger partial charge in [0.1, 0.15) is 0 Å². The van der Waals surface area contributed by atoms with E-state index in [2.05, 4.69) is 39.2 Å². The summed E-state index contributed by atoms with van der Waals surface area (Å²) in [6.07, 6.45) is 3.33. The molecule has 120 valence electrons. The number of likely N-dealkylation sites (tertiary alicyclic amines) is 1. The molecule has 2 saturated heterocycles. The van der Waals surface area contributed by atoms with E-state index < -0.39 is 0 Å². The second-order valence-corrected chi connectivity index (χ2v) is 6.37. The zero-order valence-electron chi connectivity index (χ0n) is 13.4. The molecule has 0 aromatic heterocycles. The Morgan fingerprint density at radius 3 is 2.23 bits per heavy atom. The van der Waals surface area contributed by atoms with Gasteiger partial charge < -0.3 is 15.1 Å². The fraction of sp³-hybridized carbons (Fsp3) is 0.588. The van der Waals surface area contributed by atoms with Crippen molar-refractivity contribution in [1.29, 1.82) is 0 Å². The molecule has 22 heavy (non-hydrogen) atoms. The number of piperidine rings is 1. The number of hydrogen-bond acceptors (Lipinski definition) is 4. The quantitative estimate of drug-likeness (QED) is 0.855. The van der Waals surface area contributed by atoms with Crippen LogP contribution in [0, 0.1) is 0 Å². The van der Waals surface area contributed by atoms with E-state index in [0.29, 0.717) is 0 Å². The number of amides is 1. The number of nitrogens with zero attached hydrogens (tertiary/aromatic N) is 3. The second kappa shape index (κ2) is 7.11. The molecule has 2 heterocycles. The Kier molecular flexibility index (Phi) is 4.95. The minimum atomic E-state index is 0.718. The maximum Gasteiger partial charge on any atom is 0.211 e. The van der Waals surface area contributed by atoms with E-state index in [1.54, 1.807) is 0 Å². The van der Waals surface area contributed by atoms with Crippen LogP contribution in [0.25, 0.3) is 0 Å². The molecule has 0 spiro atoms. The number of anilines is 2. The molecule has 5 nitrogen and oxygen atoms in total. The summed E-state index contributed by atoms with van der Waals surface area (Å²) in [5.41, 5.74) is 2.10. The van der Waals surface area contributed by atoms with E-state index >= 15 is 0 Å². The van der Waals surface area contributed by atoms with Crippen molar-refractivity contribution >= 4 is 17.8 Å². The van der Waals surface area contributed by atoms with Crippen molar-refractivity contribution in [3.63, 3.8) is 0 Å². The summed E-state index contributed by atoms with van der Waals surface area (Å²) in [6.45, 7) is 6.96. The van der Waals surface area contributed by atoms with E-state index in [1.165, 1.54) is 31.6 Å². The Morgan fingerprint density at radius 1 is 1.00 bits per heavy atom. The van der Waals surface area contributed by atoms with Crippen molar-refractivity contribution in [2.24, 2.45) is 0 Å². The first-order valence-corrected chi connectivity index (χ1v) is 8.24. The molecule has 0 radical (unpaired) electrons. The molecule has 0 atom stereocenters. The number of nitrogens with one attached hydrogen (secondary N) is 1. The van der Waals surface area contributed by atoms with Crippen LogP contribution in [0.2, 0.25) is 0 Å². The van der Waals surface area contributed by atoms with Crippen molar-refractivity contribution in [1.82, 2.24) is 9.80 Å². The van der Waals surface area contributed by atoms with Gasteiger partial charge in [-0.1, -0.05) is 0 Å². The molecular weight excluding hydrogens is 276 g/mol. The van der Waals surface area contributed by atoms with Crippen LogP contribution in [0.4, 0.5) is 11.4 Å². The molecule has 2 aliphatic heterocycles. The third-order valence-electron chi connectivity index (χ3n) is 4.98. The molecule has 1 aromatic rings. The first-order valence-electron chi connectivity index (χ1n) is 8.24. The summed E-state index contributed by atoms with van der Waals surface area (Å²) in [5.74, 6) is 0. The first kappa shape index (κ1) is 15.3. The number of piperazine rings is 1. The maximum atomic E-state index is 10.4. The van der Waals surface area contributed by atoms with Crippen molar-refractivity contribution in [2.75, 3.05) is 56.5 Å². The van der Waals surface area contributed by atoms with Crippen LogP contribution in [0.5, 0.6) is 0 Å². The van der Waals surface area contributed by atoms with E-state index in [-0.39, 0.29) is 0 Å². The lowest BCUT2D eigenvalue weighted by atomic mass is 10.0. The molecule has 2 aliphatic rings. The molecule has 1 N–H and O–H groups in total. The fourth-order valence-electron chi connectivity index (χ4n) is 3.54. The zero-order chi connectivity index (χ0) is 15.4. The summed E-state index contributed by atoms with van der Waals surface area (Å²) in [7, 11) is 2.22. The Bertz CT molecular complexity index is 474. The standard InChI is InChI=1S/C17H26N4O/c1-19-8-6-17(7-9-19)21-12-10-20(11-13-21)16-4-2-15(3-5-16)18-14-22/h2-5,14,17H,6-13H2,1H3,(H,18,22). The minimum Gasteiger partial charge on any atom is -0.369 e. The Morgan fingerprint density at radius 2 is 1.64 bits per heavy atom. The van der Waals surface area contributed by atoms with Crippen LogP contribution >= 0.6 is 0 Å². The lowest BCUT2D eigenvalue weighted by molar-refractivity contribution is -0.105. The van der Waals surface area contributed by atoms with Gasteiger partial charge in [0.05, 0.1) is 0 Å². The van der Waals surface area contributed by atoms with Gasteiger partial charge in [-0.25, -0.2) is 0 Å². The Labute approximate surface area is 132 Å². The highest BCUT2D eigenvalue weighted by Crippen LogP contribution is 2.22.